The van der Waals surface area contributed by atoms with E-state index in [1.807, 2.05) is 108 Å². The van der Waals surface area contributed by atoms with Gasteiger partial charge in [-0.25, -0.2) is 0 Å². The second-order valence-corrected chi connectivity index (χ2v) is 30.8. The zero-order valence-corrected chi connectivity index (χ0v) is 68.3. The summed E-state index contributed by atoms with van der Waals surface area (Å²) in [4.78, 5) is 95.5. The smallest absolute Gasteiger partial charge is 0.253 e. The number of amides is 2. The molecule has 8 N–H and O–H groups in total. The number of nitriles is 1. The van der Waals surface area contributed by atoms with Crippen molar-refractivity contribution in [3.8, 4) is 6.07 Å². The Morgan fingerprint density at radius 3 is 1.59 bits per heavy atom. The molecule has 11 rings (SSSR count). The number of carbonyl (C=O) groups excluding carboxylic acids is 3. The Labute approximate surface area is 655 Å². The molecule has 2 unspecified atom stereocenters. The maximum Gasteiger partial charge on any atom is 0.253 e. The standard InChI is InChI=1S/C35H48N6O2.C31H40N6O2.C24H29N3O2/c1-9-10-27-17-26(8)38-35(43)30(27)20-37-34(42)29-18-28(19-31-33(29)25(7)21-41(31)23(4)5)24(6)11-12-32(36)40-15-13-39(14-16-40)22(2)3;1-7-23(6)37-18-21(4)29-25(30(38)34-17-26-20(3)14-22(5)35-31(26)39)15-24(16-27(29)37)19(2)8-9-28(32)36-12-10-33-11-13-36;1-5-18(6-2)27-10-9-20-21(12-17(14-25)13-22(20)27)23(28)8-7-19-15(3)11-16(4)26-24(19)29/h11-12,17-19,21-23,36H,6,9-10,13-16,20H2,1-5,7-8H3,(H,37,42)(H,38,43);8-9,14-16,18,23,32-33H,2,7,10-13,17H2,1,3-6H3,(H,34,38)(H,35,39);9-13,18,20,22H,5-8H2,1-4H3,(H,26,29)/b12-11-,36-32?;9-8-,32-28?;/t;23-;/m.0./s1. The average Bonchev–Trinajstić information content (AvgIpc) is 2.01. The SMILES string of the molecule is C=C(/C=C\C(=N)N1CCN(C(C)C)CC1)c1cc(C(=O)NCc2c(CCC)cc(C)[nH]c2=O)c2c(C)cn(C(C)C)c2c1.C=C(/C=C\C(=N)N1CCNCC1)c1cc(C(=O)NCc2c(C)cc(C)[nH]c2=O)c2c(C)cn([C@@H](C)CC)c2c1.CCC(CC)N1C=CC2C(C(=O)CCc3c(C)cc(C)[nH]c3=O)=CC(C#N)=CC21. The molecule has 2 fully saturated rings. The first kappa shape index (κ1) is 84.3. The van der Waals surface area contributed by atoms with Gasteiger partial charge in [0.25, 0.3) is 28.5 Å². The first-order valence-corrected chi connectivity index (χ1v) is 39.6. The minimum Gasteiger partial charge on any atom is -0.367 e. The van der Waals surface area contributed by atoms with Gasteiger partial charge in [0, 0.05) is 187 Å². The maximum absolute atomic E-state index is 13.8. The number of benzene rings is 2. The van der Waals surface area contributed by atoms with Crippen LogP contribution in [0.1, 0.15) is 200 Å². The summed E-state index contributed by atoms with van der Waals surface area (Å²) in [7, 11) is 0. The van der Waals surface area contributed by atoms with Crippen molar-refractivity contribution in [3.63, 3.8) is 0 Å². The van der Waals surface area contributed by atoms with Crippen LogP contribution in [0.4, 0.5) is 0 Å². The zero-order chi connectivity index (χ0) is 80.8. The maximum atomic E-state index is 13.8. The molecule has 0 saturated carbocycles. The number of carbonyl (C=O) groups is 3. The monoisotopic (exact) mass is 1500 g/mol. The van der Waals surface area contributed by atoms with E-state index in [9.17, 15) is 34.0 Å². The van der Waals surface area contributed by atoms with Crippen LogP contribution in [0, 0.1) is 76.5 Å². The van der Waals surface area contributed by atoms with E-state index < -0.39 is 0 Å². The molecule has 8 heterocycles. The van der Waals surface area contributed by atoms with Crippen molar-refractivity contribution in [2.75, 3.05) is 52.4 Å². The van der Waals surface area contributed by atoms with Crippen LogP contribution in [0.5, 0.6) is 0 Å². The van der Waals surface area contributed by atoms with E-state index in [1.54, 1.807) is 12.2 Å². The molecule has 5 aromatic heterocycles. The van der Waals surface area contributed by atoms with Crippen LogP contribution in [-0.4, -0.2) is 143 Å². The highest BCUT2D eigenvalue weighted by atomic mass is 16.2. The number of hydrogen-bond donors (Lipinski definition) is 8. The molecular weight excluding hydrogens is 1390 g/mol. The molecule has 2 saturated heterocycles. The number of aryl methyl sites for hydroxylation is 8. The van der Waals surface area contributed by atoms with Crippen LogP contribution < -0.4 is 32.6 Å². The second-order valence-electron chi connectivity index (χ2n) is 30.8. The summed E-state index contributed by atoms with van der Waals surface area (Å²) in [5.41, 5.74) is 15.9. The van der Waals surface area contributed by atoms with Gasteiger partial charge in [-0.1, -0.05) is 65.5 Å². The van der Waals surface area contributed by atoms with Crippen molar-refractivity contribution in [3.05, 3.63) is 243 Å². The number of pyridine rings is 3. The molecule has 7 aromatic rings. The second kappa shape index (κ2) is 37.8. The van der Waals surface area contributed by atoms with E-state index >= 15 is 0 Å². The van der Waals surface area contributed by atoms with Crippen LogP contribution in [-0.2, 0) is 30.7 Å². The number of Topliss-reactive ketones (excluding diaryl/α,β-unsaturated/α-hetero) is 1. The van der Waals surface area contributed by atoms with E-state index in [2.05, 4.69) is 173 Å². The first-order valence-electron chi connectivity index (χ1n) is 39.6. The summed E-state index contributed by atoms with van der Waals surface area (Å²) >= 11 is 0. The number of allylic oxidation sites excluding steroid dienone is 6. The molecule has 3 aliphatic heterocycles. The Kier molecular flexibility index (Phi) is 28.7. The number of piperazine rings is 2. The summed E-state index contributed by atoms with van der Waals surface area (Å²) in [6.45, 7) is 48.6. The van der Waals surface area contributed by atoms with Gasteiger partial charge in [-0.2, -0.15) is 5.26 Å². The van der Waals surface area contributed by atoms with Crippen LogP contribution in [0.3, 0.4) is 0 Å². The van der Waals surface area contributed by atoms with Gasteiger partial charge in [-0.15, -0.1) is 0 Å². The zero-order valence-electron chi connectivity index (χ0n) is 68.3. The van der Waals surface area contributed by atoms with Crippen LogP contribution in [0.15, 0.2) is 142 Å². The summed E-state index contributed by atoms with van der Waals surface area (Å²) in [5, 5.41) is 37.7. The molecule has 2 aromatic carbocycles. The highest BCUT2D eigenvalue weighted by molar-refractivity contribution is 6.11. The molecule has 0 radical (unpaired) electrons. The minimum absolute atomic E-state index is 0.0104. The van der Waals surface area contributed by atoms with Gasteiger partial charge in [0.2, 0.25) is 0 Å². The third-order valence-electron chi connectivity index (χ3n) is 22.2. The number of nitrogens with one attached hydrogen (secondary N) is 8. The summed E-state index contributed by atoms with van der Waals surface area (Å²) in [6, 6.07) is 17.4. The molecule has 21 nitrogen and oxygen atoms in total. The Morgan fingerprint density at radius 1 is 0.604 bits per heavy atom. The first-order chi connectivity index (χ1) is 52.9. The largest absolute Gasteiger partial charge is 0.367 e. The Bertz CT molecular complexity index is 5070. The lowest BCUT2D eigenvalue weighted by molar-refractivity contribution is -0.116. The number of aromatic amines is 3. The lowest BCUT2D eigenvalue weighted by Gasteiger charge is -2.37. The highest BCUT2D eigenvalue weighted by Gasteiger charge is 2.38. The third-order valence-corrected chi connectivity index (χ3v) is 22.2. The number of ketones is 1. The normalized spacial score (nSPS) is 16.0. The third kappa shape index (κ3) is 20.1. The molecule has 0 spiro atoms. The Balaban J connectivity index is 0.000000195. The van der Waals surface area contributed by atoms with E-state index in [1.165, 1.54) is 0 Å². The number of rotatable bonds is 25. The molecule has 21 heteroatoms. The summed E-state index contributed by atoms with van der Waals surface area (Å²) in [6.07, 6.45) is 24.7. The van der Waals surface area contributed by atoms with Gasteiger partial charge in [0.1, 0.15) is 11.7 Å². The molecule has 111 heavy (non-hydrogen) atoms. The van der Waals surface area contributed by atoms with Gasteiger partial charge in [-0.3, -0.25) is 44.5 Å². The van der Waals surface area contributed by atoms with Gasteiger partial charge < -0.3 is 54.7 Å². The van der Waals surface area contributed by atoms with E-state index in [-0.39, 0.29) is 77.8 Å². The lowest BCUT2D eigenvalue weighted by atomic mass is 9.82. The molecule has 4 aliphatic rings. The molecule has 588 valence electrons. The van der Waals surface area contributed by atoms with Crippen molar-refractivity contribution >= 4 is 62.2 Å². The Morgan fingerprint density at radius 2 is 1.10 bits per heavy atom. The summed E-state index contributed by atoms with van der Waals surface area (Å²) in [5.74, 6) is 0.433. The van der Waals surface area contributed by atoms with Crippen molar-refractivity contribution in [2.24, 2.45) is 5.92 Å². The number of fused-ring (bicyclic) bond motifs is 3. The lowest BCUT2D eigenvalue weighted by Crippen LogP contribution is -2.50. The van der Waals surface area contributed by atoms with E-state index in [4.69, 9.17) is 10.8 Å². The molecular formula is C90H117N15O6. The molecule has 0 bridgehead atoms. The fraction of sp³-hybridized carbons (Fsp3) is 0.433. The summed E-state index contributed by atoms with van der Waals surface area (Å²) < 4.78 is 4.40. The van der Waals surface area contributed by atoms with Gasteiger partial charge in [-0.05, 0) is 238 Å². The van der Waals surface area contributed by atoms with Crippen LogP contribution in [0.2, 0.25) is 0 Å². The van der Waals surface area contributed by atoms with E-state index in [0.29, 0.717) is 69.1 Å². The van der Waals surface area contributed by atoms with Crippen LogP contribution in [0.25, 0.3) is 33.0 Å². The van der Waals surface area contributed by atoms with Gasteiger partial charge >= 0.3 is 0 Å². The fourth-order valence-electron chi connectivity index (χ4n) is 15.7. The van der Waals surface area contributed by atoms with Crippen molar-refractivity contribution in [1.29, 1.82) is 16.1 Å². The number of aromatic nitrogens is 5. The minimum atomic E-state index is -0.239. The number of hydrogen-bond acceptors (Lipinski definition) is 12. The predicted octanol–water partition coefficient (Wildman–Crippen LogP) is 14.5. The Hall–Kier alpha value is -10.7. The van der Waals surface area contributed by atoms with Gasteiger partial charge in [0.05, 0.1) is 17.7 Å². The fourth-order valence-corrected chi connectivity index (χ4v) is 15.7. The molecule has 2 amide bonds. The van der Waals surface area contributed by atoms with Crippen molar-refractivity contribution < 1.29 is 14.4 Å². The topological polar surface area (TPSA) is 280 Å². The average molecular weight is 1510 g/mol. The van der Waals surface area contributed by atoms with E-state index in [0.717, 1.165) is 173 Å². The number of H-pyrrole nitrogens is 3. The van der Waals surface area contributed by atoms with Crippen molar-refractivity contribution in [1.82, 2.24) is 59.6 Å². The molecule has 1 aliphatic carbocycles. The quantitative estimate of drug-likeness (QED) is 0.0151. The molecule has 3 atom stereocenters. The van der Waals surface area contributed by atoms with Crippen molar-refractivity contribution in [2.45, 2.75) is 199 Å². The van der Waals surface area contributed by atoms with Crippen LogP contribution >= 0.6 is 0 Å². The predicted molar refractivity (Wildman–Crippen MR) is 452 cm³/mol. The van der Waals surface area contributed by atoms with Gasteiger partial charge in [0.15, 0.2) is 5.78 Å². The number of amidine groups is 2. The highest BCUT2D eigenvalue weighted by Crippen LogP contribution is 2.38. The number of nitrogens with zero attached hydrogens (tertiary/aromatic N) is 7.